The second-order valence-electron chi connectivity index (χ2n) is 3.59. The van der Waals surface area contributed by atoms with Crippen LogP contribution < -0.4 is 16.8 Å². The summed E-state index contributed by atoms with van der Waals surface area (Å²) in [7, 11) is 0. The van der Waals surface area contributed by atoms with E-state index in [0.717, 1.165) is 5.69 Å². The van der Waals surface area contributed by atoms with E-state index in [2.05, 4.69) is 20.5 Å². The molecule has 18 heavy (non-hydrogen) atoms. The van der Waals surface area contributed by atoms with Crippen LogP contribution in [0.25, 0.3) is 0 Å². The summed E-state index contributed by atoms with van der Waals surface area (Å²) in [5.41, 5.74) is 12.0. The van der Waals surface area contributed by atoms with Crippen molar-refractivity contribution in [1.29, 1.82) is 0 Å². The van der Waals surface area contributed by atoms with E-state index in [9.17, 15) is 4.79 Å². The minimum absolute atomic E-state index is 0.242. The van der Waals surface area contributed by atoms with E-state index in [1.54, 1.807) is 12.3 Å². The summed E-state index contributed by atoms with van der Waals surface area (Å²) >= 11 is 0. The first-order valence-corrected chi connectivity index (χ1v) is 5.22. The molecule has 0 aliphatic rings. The van der Waals surface area contributed by atoms with Gasteiger partial charge in [0.05, 0.1) is 29.7 Å². The molecular formula is C11H12N6O. The molecule has 1 amide bonds. The van der Waals surface area contributed by atoms with Gasteiger partial charge in [-0.2, -0.15) is 10.2 Å². The van der Waals surface area contributed by atoms with Crippen LogP contribution in [0.2, 0.25) is 0 Å². The number of nitrogen functional groups attached to an aromatic ring is 1. The Labute approximate surface area is 103 Å². The predicted octanol–water partition coefficient (Wildman–Crippen LogP) is 0.165. The summed E-state index contributed by atoms with van der Waals surface area (Å²) in [5, 5.41) is 10.7. The van der Waals surface area contributed by atoms with Crippen LogP contribution in [0.3, 0.4) is 0 Å². The number of pyridine rings is 1. The minimum atomic E-state index is -0.586. The van der Waals surface area contributed by atoms with E-state index < -0.39 is 5.91 Å². The fourth-order valence-corrected chi connectivity index (χ4v) is 1.38. The van der Waals surface area contributed by atoms with Crippen LogP contribution in [0.1, 0.15) is 16.1 Å². The van der Waals surface area contributed by atoms with Gasteiger partial charge in [0, 0.05) is 6.20 Å². The number of nitrogens with two attached hydrogens (primary N) is 2. The molecule has 2 rings (SSSR count). The molecule has 0 saturated carbocycles. The third-order valence-corrected chi connectivity index (χ3v) is 2.28. The molecule has 0 aliphatic heterocycles. The van der Waals surface area contributed by atoms with Crippen molar-refractivity contribution in [3.8, 4) is 0 Å². The fourth-order valence-electron chi connectivity index (χ4n) is 1.38. The number of primary amides is 1. The zero-order valence-corrected chi connectivity index (χ0v) is 9.50. The monoisotopic (exact) mass is 244 g/mol. The highest BCUT2D eigenvalue weighted by molar-refractivity contribution is 5.98. The number of hydrogen-bond donors (Lipinski definition) is 3. The molecule has 2 aromatic rings. The van der Waals surface area contributed by atoms with Crippen molar-refractivity contribution in [2.45, 2.75) is 6.54 Å². The summed E-state index contributed by atoms with van der Waals surface area (Å²) in [6, 6.07) is 5.12. The Hall–Kier alpha value is -2.70. The molecule has 7 heteroatoms. The summed E-state index contributed by atoms with van der Waals surface area (Å²) < 4.78 is 0. The van der Waals surface area contributed by atoms with Gasteiger partial charge in [-0.15, -0.1) is 0 Å². The van der Waals surface area contributed by atoms with E-state index in [1.807, 2.05) is 6.07 Å². The number of nitrogens with zero attached hydrogens (tertiary/aromatic N) is 3. The molecule has 92 valence electrons. The molecule has 0 saturated heterocycles. The van der Waals surface area contributed by atoms with Crippen molar-refractivity contribution >= 4 is 17.4 Å². The smallest absolute Gasteiger partial charge is 0.250 e. The van der Waals surface area contributed by atoms with Crippen LogP contribution in [-0.4, -0.2) is 21.1 Å². The maximum absolute atomic E-state index is 11.1. The van der Waals surface area contributed by atoms with Crippen LogP contribution in [0, 0.1) is 0 Å². The van der Waals surface area contributed by atoms with Gasteiger partial charge in [0.1, 0.15) is 5.82 Å². The molecular weight excluding hydrogens is 232 g/mol. The molecule has 5 N–H and O–H groups in total. The average Bonchev–Trinajstić information content (AvgIpc) is 2.38. The SMILES string of the molecule is NC(=O)c1cc(NCc2cccnn2)ncc1N. The van der Waals surface area contributed by atoms with Crippen LogP contribution in [-0.2, 0) is 6.54 Å². The molecule has 0 unspecified atom stereocenters. The number of rotatable bonds is 4. The van der Waals surface area contributed by atoms with E-state index in [4.69, 9.17) is 11.5 Å². The molecule has 0 bridgehead atoms. The standard InChI is InChI=1S/C11H12N6O/c12-9-6-15-10(4-8(9)11(13)18)14-5-7-2-1-3-16-17-7/h1-4,6H,5,12H2,(H2,13,18)(H,14,15). The van der Waals surface area contributed by atoms with Crippen LogP contribution in [0.4, 0.5) is 11.5 Å². The van der Waals surface area contributed by atoms with Gasteiger partial charge in [0.15, 0.2) is 0 Å². The third-order valence-electron chi connectivity index (χ3n) is 2.28. The maximum Gasteiger partial charge on any atom is 0.250 e. The molecule has 0 fully saturated rings. The van der Waals surface area contributed by atoms with Crippen molar-refractivity contribution in [2.24, 2.45) is 5.73 Å². The van der Waals surface area contributed by atoms with Gasteiger partial charge in [0.2, 0.25) is 0 Å². The van der Waals surface area contributed by atoms with Gasteiger partial charge >= 0.3 is 0 Å². The number of hydrogen-bond acceptors (Lipinski definition) is 6. The van der Waals surface area contributed by atoms with E-state index in [1.165, 1.54) is 12.3 Å². The highest BCUT2D eigenvalue weighted by atomic mass is 16.1. The summed E-state index contributed by atoms with van der Waals surface area (Å²) in [6.07, 6.45) is 2.98. The number of carbonyl (C=O) groups excluding carboxylic acids is 1. The molecule has 2 heterocycles. The Balaban J connectivity index is 2.11. The number of carbonyl (C=O) groups is 1. The Morgan fingerprint density at radius 1 is 1.44 bits per heavy atom. The van der Waals surface area contributed by atoms with E-state index >= 15 is 0 Å². The first-order valence-electron chi connectivity index (χ1n) is 5.22. The summed E-state index contributed by atoms with van der Waals surface area (Å²) in [5.74, 6) is -0.0823. The number of nitrogens with one attached hydrogen (secondary N) is 1. The normalized spacial score (nSPS) is 10.0. The average molecular weight is 244 g/mol. The van der Waals surface area contributed by atoms with Crippen LogP contribution >= 0.6 is 0 Å². The van der Waals surface area contributed by atoms with Crippen LogP contribution in [0.5, 0.6) is 0 Å². The summed E-state index contributed by atoms with van der Waals surface area (Å²) in [6.45, 7) is 0.447. The van der Waals surface area contributed by atoms with Gasteiger partial charge in [0.25, 0.3) is 5.91 Å². The fraction of sp³-hybridized carbons (Fsp3) is 0.0909. The minimum Gasteiger partial charge on any atom is -0.397 e. The Kier molecular flexibility index (Phi) is 3.33. The molecule has 0 radical (unpaired) electrons. The van der Waals surface area contributed by atoms with Crippen molar-refractivity contribution in [2.75, 3.05) is 11.1 Å². The first kappa shape index (κ1) is 11.8. The second kappa shape index (κ2) is 5.09. The lowest BCUT2D eigenvalue weighted by Crippen LogP contribution is -2.14. The number of aromatic nitrogens is 3. The molecule has 0 atom stereocenters. The predicted molar refractivity (Wildman–Crippen MR) is 66.5 cm³/mol. The lowest BCUT2D eigenvalue weighted by Gasteiger charge is -2.07. The molecule has 0 aromatic carbocycles. The molecule has 0 spiro atoms. The Morgan fingerprint density at radius 2 is 2.28 bits per heavy atom. The zero-order valence-electron chi connectivity index (χ0n) is 9.50. The Bertz CT molecular complexity index is 557. The van der Waals surface area contributed by atoms with Gasteiger partial charge in [-0.1, -0.05) is 0 Å². The molecule has 2 aromatic heterocycles. The van der Waals surface area contributed by atoms with Crippen molar-refractivity contribution in [1.82, 2.24) is 15.2 Å². The van der Waals surface area contributed by atoms with E-state index in [0.29, 0.717) is 12.4 Å². The molecule has 0 aliphatic carbocycles. The van der Waals surface area contributed by atoms with Crippen LogP contribution in [0.15, 0.2) is 30.6 Å². The maximum atomic E-state index is 11.1. The van der Waals surface area contributed by atoms with Gasteiger partial charge in [-0.25, -0.2) is 4.98 Å². The Morgan fingerprint density at radius 3 is 2.94 bits per heavy atom. The lowest BCUT2D eigenvalue weighted by molar-refractivity contribution is 0.100. The highest BCUT2D eigenvalue weighted by Crippen LogP contribution is 2.14. The van der Waals surface area contributed by atoms with Gasteiger partial charge < -0.3 is 16.8 Å². The highest BCUT2D eigenvalue weighted by Gasteiger charge is 2.07. The van der Waals surface area contributed by atoms with Gasteiger partial charge in [-0.3, -0.25) is 4.79 Å². The topological polar surface area (TPSA) is 120 Å². The third kappa shape index (κ3) is 2.70. The quantitative estimate of drug-likeness (QED) is 0.704. The van der Waals surface area contributed by atoms with Crippen molar-refractivity contribution < 1.29 is 4.79 Å². The van der Waals surface area contributed by atoms with Crippen molar-refractivity contribution in [3.05, 3.63) is 41.9 Å². The zero-order chi connectivity index (χ0) is 13.0. The number of amides is 1. The van der Waals surface area contributed by atoms with Gasteiger partial charge in [-0.05, 0) is 18.2 Å². The lowest BCUT2D eigenvalue weighted by atomic mass is 10.2. The van der Waals surface area contributed by atoms with E-state index in [-0.39, 0.29) is 11.3 Å². The second-order valence-corrected chi connectivity index (χ2v) is 3.59. The summed E-state index contributed by atoms with van der Waals surface area (Å²) in [4.78, 5) is 15.2. The number of anilines is 2. The first-order chi connectivity index (χ1) is 8.66. The molecule has 7 nitrogen and oxygen atoms in total. The van der Waals surface area contributed by atoms with Crippen molar-refractivity contribution in [3.63, 3.8) is 0 Å². The largest absolute Gasteiger partial charge is 0.397 e.